The highest BCUT2D eigenvalue weighted by Crippen LogP contribution is 2.45. The molecule has 56 heavy (non-hydrogen) atoms. The molecule has 0 spiro atoms. The molecule has 1 aromatic heterocycles. The zero-order valence-corrected chi connectivity index (χ0v) is 28.6. The van der Waals surface area contributed by atoms with Crippen LogP contribution in [0.2, 0.25) is 0 Å². The van der Waals surface area contributed by atoms with Crippen LogP contribution in [-0.4, -0.2) is 189 Å². The van der Waals surface area contributed by atoms with Gasteiger partial charge in [-0.2, -0.15) is 0 Å². The number of ether oxygens (including phenoxy) is 6. The van der Waals surface area contributed by atoms with Crippen molar-refractivity contribution in [1.29, 1.82) is 0 Å². The number of benzene rings is 2. The van der Waals surface area contributed by atoms with E-state index in [1.165, 1.54) is 0 Å². The van der Waals surface area contributed by atoms with E-state index in [4.69, 9.17) is 32.8 Å². The fourth-order valence-corrected chi connectivity index (χ4v) is 6.31. The predicted molar refractivity (Wildman–Crippen MR) is 176 cm³/mol. The Bertz CT molecular complexity index is 1920. The molecule has 0 bridgehead atoms. The molecule has 2 aromatic carbocycles. The molecule has 0 saturated carbocycles. The van der Waals surface area contributed by atoms with Gasteiger partial charge in [0.15, 0.2) is 34.9 Å². The van der Waals surface area contributed by atoms with Crippen molar-refractivity contribution in [3.63, 3.8) is 0 Å². The van der Waals surface area contributed by atoms with E-state index < -0.39 is 169 Å². The summed E-state index contributed by atoms with van der Waals surface area (Å²) in [5, 5.41) is 154. The van der Waals surface area contributed by atoms with Crippen molar-refractivity contribution in [2.45, 2.75) is 92.1 Å². The van der Waals surface area contributed by atoms with Crippen LogP contribution in [0.1, 0.15) is 0 Å². The first-order valence-electron chi connectivity index (χ1n) is 16.8. The second-order valence-corrected chi connectivity index (χ2v) is 13.2. The van der Waals surface area contributed by atoms with Gasteiger partial charge in [-0.15, -0.1) is 0 Å². The molecule has 0 amide bonds. The first kappa shape index (κ1) is 41.5. The third-order valence-electron chi connectivity index (χ3n) is 9.53. The maximum atomic E-state index is 14.2. The van der Waals surface area contributed by atoms with Crippen molar-refractivity contribution in [2.24, 2.45) is 0 Å². The average Bonchev–Trinajstić information content (AvgIpc) is 3.17. The summed E-state index contributed by atoms with van der Waals surface area (Å²) in [6, 6.07) is 3.54. The minimum absolute atomic E-state index is 0.260. The molecule has 0 radical (unpaired) electrons. The molecule has 23 nitrogen and oxygen atoms in total. The molecule has 4 heterocycles. The molecule has 3 fully saturated rings. The Morgan fingerprint density at radius 1 is 0.536 bits per heavy atom. The van der Waals surface area contributed by atoms with Gasteiger partial charge in [-0.3, -0.25) is 4.79 Å². The van der Waals surface area contributed by atoms with Crippen molar-refractivity contribution < 1.29 is 109 Å². The van der Waals surface area contributed by atoms with Gasteiger partial charge in [0, 0.05) is 11.6 Å². The number of phenolic OH excluding ortho intramolecular Hbond substituents is 4. The van der Waals surface area contributed by atoms with Crippen LogP contribution in [0.25, 0.3) is 22.3 Å². The molecule has 3 aromatic rings. The minimum atomic E-state index is -2.15. The van der Waals surface area contributed by atoms with E-state index >= 15 is 0 Å². The average molecular weight is 805 g/mol. The first-order valence-corrected chi connectivity index (χ1v) is 16.8. The fourth-order valence-electron chi connectivity index (χ4n) is 6.31. The Hall–Kier alpha value is -4.15. The number of hydrogen-bond donors (Lipinski definition) is 15. The summed E-state index contributed by atoms with van der Waals surface area (Å²) in [6.07, 6.45) is -27.7. The highest BCUT2D eigenvalue weighted by molar-refractivity contribution is 5.93. The van der Waals surface area contributed by atoms with Crippen LogP contribution in [0, 0.1) is 0 Å². The van der Waals surface area contributed by atoms with Crippen molar-refractivity contribution in [3.8, 4) is 45.8 Å². The lowest BCUT2D eigenvalue weighted by Crippen LogP contribution is -2.62. The van der Waals surface area contributed by atoms with Crippen LogP contribution in [0.15, 0.2) is 33.5 Å². The van der Waals surface area contributed by atoms with Crippen molar-refractivity contribution in [2.75, 3.05) is 19.8 Å². The molecule has 15 N–H and O–H groups in total. The maximum absolute atomic E-state index is 14.2. The summed E-state index contributed by atoms with van der Waals surface area (Å²) in [4.78, 5) is 14.2. The third-order valence-corrected chi connectivity index (χ3v) is 9.53. The van der Waals surface area contributed by atoms with Crippen molar-refractivity contribution in [1.82, 2.24) is 0 Å². The monoisotopic (exact) mass is 804 g/mol. The van der Waals surface area contributed by atoms with Crippen LogP contribution < -0.4 is 14.9 Å². The van der Waals surface area contributed by atoms with Gasteiger partial charge < -0.3 is 109 Å². The van der Waals surface area contributed by atoms with Gasteiger partial charge in [0.1, 0.15) is 84.4 Å². The second kappa shape index (κ2) is 16.4. The van der Waals surface area contributed by atoms with E-state index in [-0.39, 0.29) is 5.56 Å². The van der Waals surface area contributed by atoms with Crippen LogP contribution >= 0.6 is 0 Å². The van der Waals surface area contributed by atoms with E-state index in [0.717, 1.165) is 18.2 Å². The molecular weight excluding hydrogens is 764 g/mol. The van der Waals surface area contributed by atoms with Crippen molar-refractivity contribution >= 4 is 11.0 Å². The minimum Gasteiger partial charge on any atom is -0.507 e. The predicted octanol–water partition coefficient (Wildman–Crippen LogP) is -5.54. The van der Waals surface area contributed by atoms with Gasteiger partial charge in [0.2, 0.25) is 29.5 Å². The Labute approximate surface area is 312 Å². The van der Waals surface area contributed by atoms with E-state index in [1.807, 2.05) is 0 Å². The molecule has 6 rings (SSSR count). The maximum Gasteiger partial charge on any atom is 0.239 e. The molecule has 3 aliphatic rings. The Morgan fingerprint density at radius 2 is 1.04 bits per heavy atom. The summed E-state index contributed by atoms with van der Waals surface area (Å²) in [5.74, 6) is -5.72. The molecule has 15 atom stereocenters. The van der Waals surface area contributed by atoms with E-state index in [0.29, 0.717) is 6.07 Å². The highest BCUT2D eigenvalue weighted by Gasteiger charge is 2.49. The lowest BCUT2D eigenvalue weighted by atomic mass is 9.98. The number of fused-ring (bicyclic) bond motifs is 1. The molecular formula is C33H40O23. The largest absolute Gasteiger partial charge is 0.507 e. The van der Waals surface area contributed by atoms with Crippen LogP contribution in [0.3, 0.4) is 0 Å². The van der Waals surface area contributed by atoms with Crippen LogP contribution in [-0.2, 0) is 18.9 Å². The zero-order valence-electron chi connectivity index (χ0n) is 28.6. The molecule has 0 aliphatic carbocycles. The lowest BCUT2D eigenvalue weighted by molar-refractivity contribution is -0.323. The van der Waals surface area contributed by atoms with E-state index in [1.54, 1.807) is 0 Å². The topological polar surface area (TPSA) is 389 Å². The SMILES string of the molecule is O=c1c(O[C@@H]2O[C@H](CO[C@@H]3O[C@H](CO)[C@@H](O)[C@H](O)[C@H]3O)[C@@H](O)[C@H](O)[C@H]2O)c(-c2ccc(O)c(O)c2)oc2c(O[C@H]3O[C@H](CO)[C@@H](O)[C@H](O)[C@H]3O)c(O)cc(O)c12. The molecule has 3 aliphatic heterocycles. The summed E-state index contributed by atoms with van der Waals surface area (Å²) in [5.41, 5.74) is -2.36. The number of aliphatic hydroxyl groups is 11. The van der Waals surface area contributed by atoms with Gasteiger partial charge in [0.25, 0.3) is 0 Å². The number of phenols is 4. The summed E-state index contributed by atoms with van der Waals surface area (Å²) in [6.45, 7) is -2.43. The van der Waals surface area contributed by atoms with Crippen LogP contribution in [0.5, 0.6) is 34.5 Å². The highest BCUT2D eigenvalue weighted by atomic mass is 16.7. The van der Waals surface area contributed by atoms with E-state index in [9.17, 15) is 81.4 Å². The van der Waals surface area contributed by atoms with Gasteiger partial charge >= 0.3 is 0 Å². The van der Waals surface area contributed by atoms with Crippen molar-refractivity contribution in [3.05, 3.63) is 34.5 Å². The number of rotatable bonds is 10. The third kappa shape index (κ3) is 7.51. The number of aliphatic hydroxyl groups excluding tert-OH is 11. The fraction of sp³-hybridized carbons (Fsp3) is 0.545. The van der Waals surface area contributed by atoms with Gasteiger partial charge in [-0.05, 0) is 18.2 Å². The van der Waals surface area contributed by atoms with Gasteiger partial charge in [0.05, 0.1) is 19.8 Å². The molecule has 3 saturated heterocycles. The summed E-state index contributed by atoms with van der Waals surface area (Å²) < 4.78 is 38.8. The second-order valence-electron chi connectivity index (χ2n) is 13.2. The molecule has 310 valence electrons. The summed E-state index contributed by atoms with van der Waals surface area (Å²) in [7, 11) is 0. The normalized spacial score (nSPS) is 36.4. The lowest BCUT2D eigenvalue weighted by Gasteiger charge is -2.42. The summed E-state index contributed by atoms with van der Waals surface area (Å²) >= 11 is 0. The standard InChI is InChI=1S/C33H40O23/c34-5-13-17(40)21(44)24(47)31(51-13)50-7-15-19(42)23(46)26(49)33(53-15)56-30-20(43)16-11(38)4-12(39)28(55-32-25(48)22(45)18(41)14(6-35)52-32)29(16)54-27(30)8-1-2-9(36)10(37)3-8/h1-4,13-15,17-19,21-26,31-42,44-49H,5-7H2/t13-,14-,15-,17-,18-,19-,21+,22+,23+,24-,25-,26-,31-,32-,33+/m1/s1. The number of aromatic hydroxyl groups is 4. The van der Waals surface area contributed by atoms with Gasteiger partial charge in [-0.25, -0.2) is 0 Å². The molecule has 0 unspecified atom stereocenters. The van der Waals surface area contributed by atoms with Crippen LogP contribution in [0.4, 0.5) is 0 Å². The Morgan fingerprint density at radius 3 is 1.59 bits per heavy atom. The Kier molecular flexibility index (Phi) is 12.1. The number of hydrogen-bond acceptors (Lipinski definition) is 23. The first-order chi connectivity index (χ1) is 26.5. The van der Waals surface area contributed by atoms with E-state index in [2.05, 4.69) is 0 Å². The smallest absolute Gasteiger partial charge is 0.239 e. The van der Waals surface area contributed by atoms with Gasteiger partial charge in [-0.1, -0.05) is 0 Å². The Balaban J connectivity index is 1.39. The quantitative estimate of drug-likeness (QED) is 0.0850. The zero-order chi connectivity index (χ0) is 40.9. The molecule has 23 heteroatoms.